The largest absolute Gasteiger partial charge is 0.494 e. The standard InChI is InChI=1S/C28H34BrClN2O4/c29-23-14-10-21(11-15-23)25-19-26(32(31-25)27(33)20-30)22-12-16-24(17-13-22)36-18-8-6-4-2-1-3-5-7-9-28(34)35/h10-17,26H,1-9,18-20H2,(H,34,35). The molecule has 0 spiro atoms. The Morgan fingerprint density at radius 3 is 2.17 bits per heavy atom. The fourth-order valence-electron chi connectivity index (χ4n) is 4.29. The number of carbonyl (C=O) groups excluding carboxylic acids is 1. The van der Waals surface area contributed by atoms with Gasteiger partial charge in [0.1, 0.15) is 11.6 Å². The number of rotatable bonds is 15. The quantitative estimate of drug-likeness (QED) is 0.177. The Kier molecular flexibility index (Phi) is 11.8. The van der Waals surface area contributed by atoms with Crippen molar-refractivity contribution in [3.8, 4) is 5.75 Å². The van der Waals surface area contributed by atoms with Crippen LogP contribution in [0.1, 0.15) is 81.4 Å². The number of carboxylic acids is 1. The molecular formula is C28H34BrClN2O4. The number of benzene rings is 2. The Hall–Kier alpha value is -2.38. The first kappa shape index (κ1) is 28.2. The zero-order chi connectivity index (χ0) is 25.8. The van der Waals surface area contributed by atoms with Crippen LogP contribution < -0.4 is 4.74 Å². The van der Waals surface area contributed by atoms with Crippen molar-refractivity contribution < 1.29 is 19.4 Å². The monoisotopic (exact) mass is 576 g/mol. The molecule has 0 aliphatic carbocycles. The molecule has 1 N–H and O–H groups in total. The van der Waals surface area contributed by atoms with E-state index in [0.717, 1.165) is 59.2 Å². The van der Waals surface area contributed by atoms with E-state index in [4.69, 9.17) is 21.4 Å². The van der Waals surface area contributed by atoms with Crippen LogP contribution in [-0.2, 0) is 9.59 Å². The Labute approximate surface area is 226 Å². The van der Waals surface area contributed by atoms with Crippen LogP contribution in [0.3, 0.4) is 0 Å². The summed E-state index contributed by atoms with van der Waals surface area (Å²) in [5, 5.41) is 14.7. The first-order valence-electron chi connectivity index (χ1n) is 12.6. The summed E-state index contributed by atoms with van der Waals surface area (Å²) in [5.74, 6) is -0.209. The molecule has 0 saturated carbocycles. The molecule has 6 nitrogen and oxygen atoms in total. The van der Waals surface area contributed by atoms with Gasteiger partial charge in [0.15, 0.2) is 0 Å². The molecule has 0 saturated heterocycles. The number of nitrogens with zero attached hydrogens (tertiary/aromatic N) is 2. The molecule has 1 aliphatic rings. The summed E-state index contributed by atoms with van der Waals surface area (Å²) < 4.78 is 6.91. The zero-order valence-corrected chi connectivity index (χ0v) is 22.8. The molecule has 2 aromatic carbocycles. The summed E-state index contributed by atoms with van der Waals surface area (Å²) in [5.41, 5.74) is 2.86. The first-order valence-corrected chi connectivity index (χ1v) is 14.0. The van der Waals surface area contributed by atoms with Crippen LogP contribution in [0.25, 0.3) is 0 Å². The van der Waals surface area contributed by atoms with Gasteiger partial charge in [0, 0.05) is 17.3 Å². The van der Waals surface area contributed by atoms with E-state index in [0.29, 0.717) is 13.0 Å². The van der Waals surface area contributed by atoms with Gasteiger partial charge in [-0.05, 0) is 48.2 Å². The van der Waals surface area contributed by atoms with E-state index in [9.17, 15) is 9.59 Å². The summed E-state index contributed by atoms with van der Waals surface area (Å²) in [6, 6.07) is 15.6. The van der Waals surface area contributed by atoms with Gasteiger partial charge in [-0.15, -0.1) is 11.6 Å². The molecule has 1 aliphatic heterocycles. The third kappa shape index (κ3) is 8.93. The molecule has 8 heteroatoms. The fourth-order valence-corrected chi connectivity index (χ4v) is 4.68. The molecule has 1 amide bonds. The van der Waals surface area contributed by atoms with E-state index in [1.807, 2.05) is 48.5 Å². The lowest BCUT2D eigenvalue weighted by molar-refractivity contribution is -0.137. The van der Waals surface area contributed by atoms with Crippen molar-refractivity contribution in [2.24, 2.45) is 5.10 Å². The number of carboxylic acid groups (broad SMARTS) is 1. The molecule has 0 aromatic heterocycles. The molecular weight excluding hydrogens is 544 g/mol. The minimum atomic E-state index is -0.702. The summed E-state index contributed by atoms with van der Waals surface area (Å²) in [7, 11) is 0. The third-order valence-corrected chi connectivity index (χ3v) is 7.03. The Balaban J connectivity index is 1.41. The van der Waals surface area contributed by atoms with Crippen molar-refractivity contribution in [3.63, 3.8) is 0 Å². The van der Waals surface area contributed by atoms with Crippen LogP contribution >= 0.6 is 27.5 Å². The highest BCUT2D eigenvalue weighted by atomic mass is 79.9. The van der Waals surface area contributed by atoms with Crippen molar-refractivity contribution in [1.29, 1.82) is 0 Å². The van der Waals surface area contributed by atoms with Crippen LogP contribution in [0.5, 0.6) is 5.75 Å². The number of halogens is 2. The number of amides is 1. The minimum Gasteiger partial charge on any atom is -0.494 e. The van der Waals surface area contributed by atoms with E-state index in [1.165, 1.54) is 24.3 Å². The molecule has 1 atom stereocenters. The number of alkyl halides is 1. The average Bonchev–Trinajstić information content (AvgIpc) is 3.33. The molecule has 2 aromatic rings. The highest BCUT2D eigenvalue weighted by Gasteiger charge is 2.32. The lowest BCUT2D eigenvalue weighted by Gasteiger charge is -2.21. The van der Waals surface area contributed by atoms with Crippen LogP contribution in [0.15, 0.2) is 58.1 Å². The highest BCUT2D eigenvalue weighted by Crippen LogP contribution is 2.34. The average molecular weight is 578 g/mol. The van der Waals surface area contributed by atoms with Crippen LogP contribution in [0.2, 0.25) is 0 Å². The molecule has 0 fully saturated rings. The Bertz CT molecular complexity index is 1010. The maximum absolute atomic E-state index is 12.5. The zero-order valence-electron chi connectivity index (χ0n) is 20.5. The van der Waals surface area contributed by atoms with Crippen molar-refractivity contribution in [2.75, 3.05) is 12.5 Å². The number of aliphatic carboxylic acids is 1. The second kappa shape index (κ2) is 15.0. The van der Waals surface area contributed by atoms with Gasteiger partial charge in [-0.25, -0.2) is 5.01 Å². The number of hydrogen-bond donors (Lipinski definition) is 1. The van der Waals surface area contributed by atoms with Gasteiger partial charge < -0.3 is 9.84 Å². The smallest absolute Gasteiger partial charge is 0.303 e. The van der Waals surface area contributed by atoms with Gasteiger partial charge in [-0.2, -0.15) is 5.10 Å². The SMILES string of the molecule is O=C(O)CCCCCCCCCCOc1ccc(C2CC(c3ccc(Br)cc3)=NN2C(=O)CCl)cc1. The van der Waals surface area contributed by atoms with Gasteiger partial charge in [-0.3, -0.25) is 9.59 Å². The second-order valence-electron chi connectivity index (χ2n) is 9.04. The maximum atomic E-state index is 12.5. The molecule has 0 radical (unpaired) electrons. The Morgan fingerprint density at radius 2 is 1.56 bits per heavy atom. The highest BCUT2D eigenvalue weighted by molar-refractivity contribution is 9.10. The van der Waals surface area contributed by atoms with E-state index in [-0.39, 0.29) is 24.2 Å². The first-order chi connectivity index (χ1) is 17.5. The molecule has 194 valence electrons. The van der Waals surface area contributed by atoms with Crippen LogP contribution in [-0.4, -0.2) is 40.2 Å². The van der Waals surface area contributed by atoms with Crippen molar-refractivity contribution in [3.05, 3.63) is 64.1 Å². The lowest BCUT2D eigenvalue weighted by atomic mass is 9.98. The second-order valence-corrected chi connectivity index (χ2v) is 10.2. The predicted octanol–water partition coefficient (Wildman–Crippen LogP) is 7.34. The fraction of sp³-hybridized carbons (Fsp3) is 0.464. The number of hydrazone groups is 1. The summed E-state index contributed by atoms with van der Waals surface area (Å²) in [6.07, 6.45) is 9.46. The van der Waals surface area contributed by atoms with Gasteiger partial charge >= 0.3 is 5.97 Å². The maximum Gasteiger partial charge on any atom is 0.303 e. The number of hydrogen-bond acceptors (Lipinski definition) is 4. The van der Waals surface area contributed by atoms with Gasteiger partial charge in [-0.1, -0.05) is 78.7 Å². The number of unbranched alkanes of at least 4 members (excludes halogenated alkanes) is 7. The summed E-state index contributed by atoms with van der Waals surface area (Å²) in [6.45, 7) is 0.676. The Morgan fingerprint density at radius 1 is 0.944 bits per heavy atom. The summed E-state index contributed by atoms with van der Waals surface area (Å²) >= 11 is 9.31. The molecule has 36 heavy (non-hydrogen) atoms. The van der Waals surface area contributed by atoms with Gasteiger partial charge in [0.25, 0.3) is 5.91 Å². The minimum absolute atomic E-state index is 0.112. The van der Waals surface area contributed by atoms with Crippen LogP contribution in [0.4, 0.5) is 0 Å². The van der Waals surface area contributed by atoms with E-state index < -0.39 is 5.97 Å². The van der Waals surface area contributed by atoms with Crippen molar-refractivity contribution in [1.82, 2.24) is 5.01 Å². The van der Waals surface area contributed by atoms with Gasteiger partial charge in [0.05, 0.1) is 18.4 Å². The van der Waals surface area contributed by atoms with Crippen molar-refractivity contribution in [2.45, 2.75) is 70.3 Å². The lowest BCUT2D eigenvalue weighted by Crippen LogP contribution is -2.27. The molecule has 3 rings (SSSR count). The number of carbonyl (C=O) groups is 2. The molecule has 0 bridgehead atoms. The van der Waals surface area contributed by atoms with Gasteiger partial charge in [0.2, 0.25) is 0 Å². The third-order valence-electron chi connectivity index (χ3n) is 6.28. The van der Waals surface area contributed by atoms with Crippen molar-refractivity contribution >= 4 is 45.1 Å². The number of ether oxygens (including phenoxy) is 1. The normalized spacial score (nSPS) is 15.1. The van der Waals surface area contributed by atoms with E-state index in [1.54, 1.807) is 0 Å². The van der Waals surface area contributed by atoms with E-state index >= 15 is 0 Å². The molecule has 1 unspecified atom stereocenters. The summed E-state index contributed by atoms with van der Waals surface area (Å²) in [4.78, 5) is 23.0. The topological polar surface area (TPSA) is 79.2 Å². The molecule has 1 heterocycles. The predicted molar refractivity (Wildman–Crippen MR) is 147 cm³/mol. The van der Waals surface area contributed by atoms with E-state index in [2.05, 4.69) is 21.0 Å². The van der Waals surface area contributed by atoms with Crippen LogP contribution in [0, 0.1) is 0 Å².